The quantitative estimate of drug-likeness (QED) is 0.530. The Morgan fingerprint density at radius 1 is 1.24 bits per heavy atom. The zero-order valence-electron chi connectivity index (χ0n) is 15.8. The molecule has 0 spiro atoms. The molecule has 0 saturated heterocycles. The lowest BCUT2D eigenvalue weighted by molar-refractivity contribution is -0.135. The molecule has 1 unspecified atom stereocenters. The molecule has 2 aromatic rings. The topological polar surface area (TPSA) is 105 Å². The van der Waals surface area contributed by atoms with Crippen molar-refractivity contribution in [3.05, 3.63) is 50.6 Å². The minimum atomic E-state index is -0.716. The van der Waals surface area contributed by atoms with E-state index in [0.29, 0.717) is 28.7 Å². The number of primary amides is 1. The molecule has 1 heterocycles. The molecule has 0 aliphatic heterocycles. The van der Waals surface area contributed by atoms with Crippen LogP contribution in [0.3, 0.4) is 0 Å². The molecule has 0 fully saturated rings. The summed E-state index contributed by atoms with van der Waals surface area (Å²) in [6.45, 7) is 2.15. The molecule has 4 amide bonds. The highest BCUT2D eigenvalue weighted by molar-refractivity contribution is 7.10. The maximum Gasteiger partial charge on any atom is 0.312 e. The Kier molecular flexibility index (Phi) is 8.75. The lowest BCUT2D eigenvalue weighted by Gasteiger charge is -2.24. The van der Waals surface area contributed by atoms with Crippen molar-refractivity contribution in [1.82, 2.24) is 10.2 Å². The van der Waals surface area contributed by atoms with Crippen molar-refractivity contribution < 1.29 is 14.4 Å². The molecule has 156 valence electrons. The van der Waals surface area contributed by atoms with Gasteiger partial charge in [-0.05, 0) is 36.1 Å². The van der Waals surface area contributed by atoms with E-state index in [4.69, 9.17) is 28.9 Å². The maximum atomic E-state index is 12.8. The molecule has 7 nitrogen and oxygen atoms in total. The van der Waals surface area contributed by atoms with Gasteiger partial charge in [0.1, 0.15) is 0 Å². The van der Waals surface area contributed by atoms with Gasteiger partial charge in [-0.1, -0.05) is 36.2 Å². The molecule has 0 radical (unpaired) electrons. The van der Waals surface area contributed by atoms with E-state index in [9.17, 15) is 14.4 Å². The fourth-order valence-electron chi connectivity index (χ4n) is 2.71. The molecule has 29 heavy (non-hydrogen) atoms. The molecule has 10 heteroatoms. The lowest BCUT2D eigenvalue weighted by Crippen LogP contribution is -2.41. The van der Waals surface area contributed by atoms with Crippen LogP contribution in [-0.4, -0.2) is 35.8 Å². The van der Waals surface area contributed by atoms with Crippen LogP contribution in [0.5, 0.6) is 0 Å². The maximum absolute atomic E-state index is 12.8. The van der Waals surface area contributed by atoms with Gasteiger partial charge in [0.05, 0.1) is 29.7 Å². The number of nitrogens with one attached hydrogen (secondary N) is 2. The summed E-state index contributed by atoms with van der Waals surface area (Å²) in [6, 6.07) is 7.11. The first-order valence-corrected chi connectivity index (χ1v) is 10.6. The fraction of sp³-hybridized carbons (Fsp3) is 0.316. The van der Waals surface area contributed by atoms with E-state index in [1.54, 1.807) is 12.1 Å². The van der Waals surface area contributed by atoms with Crippen molar-refractivity contribution in [3.8, 4) is 0 Å². The normalized spacial score (nSPS) is 11.6. The number of hydrogen-bond acceptors (Lipinski definition) is 4. The van der Waals surface area contributed by atoms with Crippen LogP contribution in [0.1, 0.15) is 30.7 Å². The van der Waals surface area contributed by atoms with Gasteiger partial charge in [-0.15, -0.1) is 11.3 Å². The van der Waals surface area contributed by atoms with Crippen molar-refractivity contribution in [3.63, 3.8) is 0 Å². The Balaban J connectivity index is 2.06. The van der Waals surface area contributed by atoms with E-state index < -0.39 is 18.0 Å². The molecular weight excluding hydrogens is 435 g/mol. The highest BCUT2D eigenvalue weighted by Gasteiger charge is 2.23. The van der Waals surface area contributed by atoms with E-state index in [2.05, 4.69) is 10.6 Å². The van der Waals surface area contributed by atoms with Crippen molar-refractivity contribution in [2.24, 2.45) is 5.73 Å². The van der Waals surface area contributed by atoms with Gasteiger partial charge in [0.2, 0.25) is 11.8 Å². The van der Waals surface area contributed by atoms with Gasteiger partial charge in [0.25, 0.3) is 0 Å². The van der Waals surface area contributed by atoms with E-state index in [0.717, 1.165) is 4.88 Å². The van der Waals surface area contributed by atoms with Crippen molar-refractivity contribution in [2.45, 2.75) is 25.8 Å². The van der Waals surface area contributed by atoms with E-state index in [-0.39, 0.29) is 18.9 Å². The lowest BCUT2D eigenvalue weighted by atomic mass is 10.1. The number of urea groups is 1. The van der Waals surface area contributed by atoms with Gasteiger partial charge < -0.3 is 21.3 Å². The number of nitrogens with two attached hydrogens (primary N) is 1. The summed E-state index contributed by atoms with van der Waals surface area (Å²) in [6.07, 6.45) is 0.665. The Hall–Kier alpha value is -2.29. The summed E-state index contributed by atoms with van der Waals surface area (Å²) in [7, 11) is 0. The summed E-state index contributed by atoms with van der Waals surface area (Å²) in [4.78, 5) is 38.9. The van der Waals surface area contributed by atoms with Gasteiger partial charge >= 0.3 is 6.03 Å². The van der Waals surface area contributed by atoms with Gasteiger partial charge in [-0.25, -0.2) is 4.79 Å². The third-order valence-corrected chi connectivity index (χ3v) is 5.52. The van der Waals surface area contributed by atoms with E-state index >= 15 is 0 Å². The number of nitrogens with zero attached hydrogens (tertiary/aromatic N) is 1. The summed E-state index contributed by atoms with van der Waals surface area (Å²) >= 11 is 13.4. The number of carbonyl (C=O) groups is 3. The molecule has 1 atom stereocenters. The van der Waals surface area contributed by atoms with Gasteiger partial charge in [-0.3, -0.25) is 9.59 Å². The average Bonchev–Trinajstić information content (AvgIpc) is 3.18. The number of amides is 4. The Morgan fingerprint density at radius 3 is 2.62 bits per heavy atom. The van der Waals surface area contributed by atoms with E-state index in [1.165, 1.54) is 22.3 Å². The number of thiophene rings is 1. The Labute approximate surface area is 183 Å². The van der Waals surface area contributed by atoms with Crippen LogP contribution in [0.4, 0.5) is 10.5 Å². The van der Waals surface area contributed by atoms with E-state index in [1.807, 2.05) is 24.4 Å². The minimum Gasteiger partial charge on any atom is -0.352 e. The molecular formula is C19H22Cl2N4O3S. The number of hydrogen-bond donors (Lipinski definition) is 3. The molecule has 0 saturated carbocycles. The van der Waals surface area contributed by atoms with Crippen LogP contribution in [0.25, 0.3) is 0 Å². The van der Waals surface area contributed by atoms with Crippen molar-refractivity contribution >= 4 is 58.1 Å². The predicted molar refractivity (Wildman–Crippen MR) is 116 cm³/mol. The predicted octanol–water partition coefficient (Wildman–Crippen LogP) is 4.03. The second-order valence-corrected chi connectivity index (χ2v) is 8.09. The van der Waals surface area contributed by atoms with Crippen molar-refractivity contribution in [1.29, 1.82) is 0 Å². The highest BCUT2D eigenvalue weighted by Crippen LogP contribution is 2.26. The largest absolute Gasteiger partial charge is 0.352 e. The second-order valence-electron chi connectivity index (χ2n) is 6.27. The average molecular weight is 457 g/mol. The Morgan fingerprint density at radius 2 is 2.00 bits per heavy atom. The van der Waals surface area contributed by atoms with Crippen LogP contribution in [-0.2, 0) is 9.59 Å². The first kappa shape index (κ1) is 23.0. The van der Waals surface area contributed by atoms with Crippen molar-refractivity contribution in [2.75, 3.05) is 18.4 Å². The van der Waals surface area contributed by atoms with Gasteiger partial charge in [-0.2, -0.15) is 0 Å². The monoisotopic (exact) mass is 456 g/mol. The first-order chi connectivity index (χ1) is 13.8. The minimum absolute atomic E-state index is 0.00530. The summed E-state index contributed by atoms with van der Waals surface area (Å²) in [5.74, 6) is -0.669. The number of anilines is 1. The van der Waals surface area contributed by atoms with Crippen LogP contribution in [0.15, 0.2) is 35.7 Å². The molecule has 0 aliphatic rings. The SMILES string of the molecule is CCCN(CC(=O)Nc1cc(Cl)ccc1Cl)C(=O)CC(NC(N)=O)c1cccs1. The van der Waals surface area contributed by atoms with Crippen LogP contribution in [0, 0.1) is 0 Å². The van der Waals surface area contributed by atoms with Crippen LogP contribution < -0.4 is 16.4 Å². The molecule has 2 rings (SSSR count). The third-order valence-electron chi connectivity index (χ3n) is 3.97. The molecule has 4 N–H and O–H groups in total. The zero-order valence-corrected chi connectivity index (χ0v) is 18.1. The first-order valence-electron chi connectivity index (χ1n) is 8.92. The number of benzene rings is 1. The van der Waals surface area contributed by atoms with Gasteiger partial charge in [0.15, 0.2) is 0 Å². The highest BCUT2D eigenvalue weighted by atomic mass is 35.5. The van der Waals surface area contributed by atoms with Crippen LogP contribution in [0.2, 0.25) is 10.0 Å². The number of carbonyl (C=O) groups excluding carboxylic acids is 3. The molecule has 1 aromatic heterocycles. The smallest absolute Gasteiger partial charge is 0.312 e. The summed E-state index contributed by atoms with van der Waals surface area (Å²) < 4.78 is 0. The fourth-order valence-corrected chi connectivity index (χ4v) is 3.82. The molecule has 1 aromatic carbocycles. The summed E-state index contributed by atoms with van der Waals surface area (Å²) in [5, 5.41) is 7.89. The van der Waals surface area contributed by atoms with Crippen LogP contribution >= 0.6 is 34.5 Å². The van der Waals surface area contributed by atoms with Gasteiger partial charge in [0, 0.05) is 16.4 Å². The molecule has 0 bridgehead atoms. The standard InChI is InChI=1S/C19H22Cl2N4O3S/c1-2-7-25(11-17(26)23-14-9-12(20)5-6-13(14)21)18(27)10-15(24-19(22)28)16-4-3-8-29-16/h3-6,8-9,15H,2,7,10-11H2,1H3,(H,23,26)(H3,22,24,28). The third kappa shape index (κ3) is 7.23. The zero-order chi connectivity index (χ0) is 21.4. The summed E-state index contributed by atoms with van der Waals surface area (Å²) in [5.41, 5.74) is 5.62. The second kappa shape index (κ2) is 11.0. The number of halogens is 2. The number of rotatable bonds is 9. The molecule has 0 aliphatic carbocycles. The Bertz CT molecular complexity index is 861.